The third-order valence-corrected chi connectivity index (χ3v) is 2.72. The van der Waals surface area contributed by atoms with Gasteiger partial charge in [-0.3, -0.25) is 9.59 Å². The topological polar surface area (TPSA) is 111 Å². The summed E-state index contributed by atoms with van der Waals surface area (Å²) in [6, 6.07) is -0.467. The van der Waals surface area contributed by atoms with Gasteiger partial charge in [-0.1, -0.05) is 18.3 Å². The van der Waals surface area contributed by atoms with E-state index in [1.165, 1.54) is 6.92 Å². The van der Waals surface area contributed by atoms with Crippen molar-refractivity contribution in [3.63, 3.8) is 0 Å². The maximum Gasteiger partial charge on any atom is 0.315 e. The van der Waals surface area contributed by atoms with Crippen LogP contribution in [-0.2, 0) is 11.3 Å². The van der Waals surface area contributed by atoms with E-state index in [-0.39, 0.29) is 18.0 Å². The fraction of sp³-hybridized carbons (Fsp3) is 0.444. The predicted octanol–water partition coefficient (Wildman–Crippen LogP) is -0.0437. The number of hydrogen-bond acceptors (Lipinski definition) is 4. The maximum absolute atomic E-state index is 11.2. The first-order chi connectivity index (χ1) is 7.99. The van der Waals surface area contributed by atoms with Gasteiger partial charge in [0.2, 0.25) is 0 Å². The van der Waals surface area contributed by atoms with E-state index in [9.17, 15) is 14.4 Å². The molecule has 17 heavy (non-hydrogen) atoms. The average Bonchev–Trinajstić information content (AvgIpc) is 2.69. The standard InChI is InChI=1S/C9H13N3O4S/c1-5(7(13)14)2-10-8(15)11-3-6-4-17-9(16)12-6/h4-5H,2-3H2,1H3,(H,12,16)(H,13,14)(H2,10,11,15). The monoisotopic (exact) mass is 259 g/mol. The van der Waals surface area contributed by atoms with Crippen LogP contribution in [0.2, 0.25) is 0 Å². The third-order valence-electron chi connectivity index (χ3n) is 2.00. The Bertz CT molecular complexity index is 453. The summed E-state index contributed by atoms with van der Waals surface area (Å²) < 4.78 is 0. The summed E-state index contributed by atoms with van der Waals surface area (Å²) in [5.74, 6) is -1.60. The van der Waals surface area contributed by atoms with Crippen molar-refractivity contribution in [1.82, 2.24) is 15.6 Å². The van der Waals surface area contributed by atoms with Crippen molar-refractivity contribution in [2.75, 3.05) is 6.54 Å². The van der Waals surface area contributed by atoms with E-state index < -0.39 is 17.9 Å². The first kappa shape index (κ1) is 13.2. The van der Waals surface area contributed by atoms with Gasteiger partial charge in [-0.05, 0) is 0 Å². The number of carbonyl (C=O) groups is 2. The molecule has 0 aliphatic rings. The van der Waals surface area contributed by atoms with E-state index >= 15 is 0 Å². The Hall–Kier alpha value is -1.83. The molecule has 4 N–H and O–H groups in total. The SMILES string of the molecule is CC(CNC(=O)NCc1csc(=O)[nH]1)C(=O)O. The molecule has 0 aromatic carbocycles. The molecule has 0 spiro atoms. The number of amides is 2. The zero-order valence-corrected chi connectivity index (χ0v) is 9.97. The summed E-state index contributed by atoms with van der Waals surface area (Å²) >= 11 is 1.02. The molecule has 1 aromatic heterocycles. The predicted molar refractivity (Wildman–Crippen MR) is 62.0 cm³/mol. The van der Waals surface area contributed by atoms with Crippen LogP contribution >= 0.6 is 11.3 Å². The van der Waals surface area contributed by atoms with Gasteiger partial charge in [0, 0.05) is 17.6 Å². The number of aromatic amines is 1. The van der Waals surface area contributed by atoms with E-state index in [2.05, 4.69) is 15.6 Å². The van der Waals surface area contributed by atoms with Crippen LogP contribution in [0.25, 0.3) is 0 Å². The van der Waals surface area contributed by atoms with Gasteiger partial charge >= 0.3 is 16.9 Å². The minimum atomic E-state index is -0.965. The summed E-state index contributed by atoms with van der Waals surface area (Å²) in [4.78, 5) is 34.9. The van der Waals surface area contributed by atoms with Gasteiger partial charge in [0.05, 0.1) is 12.5 Å². The lowest BCUT2D eigenvalue weighted by molar-refractivity contribution is -0.140. The second kappa shape index (κ2) is 6.04. The van der Waals surface area contributed by atoms with Crippen molar-refractivity contribution in [1.29, 1.82) is 0 Å². The molecule has 1 heterocycles. The Balaban J connectivity index is 2.26. The number of aliphatic carboxylic acids is 1. The van der Waals surface area contributed by atoms with Gasteiger partial charge in [-0.15, -0.1) is 0 Å². The Morgan fingerprint density at radius 1 is 1.53 bits per heavy atom. The van der Waals surface area contributed by atoms with Gasteiger partial charge in [0.25, 0.3) is 0 Å². The number of nitrogens with one attached hydrogen (secondary N) is 3. The van der Waals surface area contributed by atoms with E-state index in [0.29, 0.717) is 5.69 Å². The number of carboxylic acids is 1. The van der Waals surface area contributed by atoms with E-state index in [1.54, 1.807) is 5.38 Å². The molecule has 7 nitrogen and oxygen atoms in total. The molecule has 0 aliphatic carbocycles. The van der Waals surface area contributed by atoms with Crippen LogP contribution in [0.1, 0.15) is 12.6 Å². The summed E-state index contributed by atoms with van der Waals surface area (Å²) in [6.07, 6.45) is 0. The van der Waals surface area contributed by atoms with Crippen molar-refractivity contribution in [3.05, 3.63) is 20.7 Å². The van der Waals surface area contributed by atoms with Crippen molar-refractivity contribution in [2.45, 2.75) is 13.5 Å². The molecule has 1 atom stereocenters. The van der Waals surface area contributed by atoms with Crippen LogP contribution < -0.4 is 15.5 Å². The third kappa shape index (κ3) is 4.68. The Morgan fingerprint density at radius 2 is 2.24 bits per heavy atom. The molecule has 2 amide bonds. The molecule has 0 radical (unpaired) electrons. The zero-order chi connectivity index (χ0) is 12.8. The number of carboxylic acid groups (broad SMARTS) is 1. The average molecular weight is 259 g/mol. The number of rotatable bonds is 5. The van der Waals surface area contributed by atoms with Crippen LogP contribution in [-0.4, -0.2) is 28.6 Å². The maximum atomic E-state index is 11.2. The Morgan fingerprint density at radius 3 is 2.76 bits per heavy atom. The van der Waals surface area contributed by atoms with Crippen LogP contribution in [0.4, 0.5) is 4.79 Å². The van der Waals surface area contributed by atoms with E-state index in [4.69, 9.17) is 5.11 Å². The largest absolute Gasteiger partial charge is 0.481 e. The summed E-state index contributed by atoms with van der Waals surface area (Å²) in [5.41, 5.74) is 0.612. The molecule has 0 bridgehead atoms. The number of carbonyl (C=O) groups excluding carboxylic acids is 1. The Labute approximate surface area is 101 Å². The van der Waals surface area contributed by atoms with Crippen molar-refractivity contribution >= 4 is 23.3 Å². The number of aromatic nitrogens is 1. The second-order valence-electron chi connectivity index (χ2n) is 3.48. The highest BCUT2D eigenvalue weighted by molar-refractivity contribution is 7.07. The molecule has 0 saturated carbocycles. The number of hydrogen-bond donors (Lipinski definition) is 4. The molecule has 94 valence electrons. The van der Waals surface area contributed by atoms with Crippen LogP contribution in [0.3, 0.4) is 0 Å². The molecule has 8 heteroatoms. The highest BCUT2D eigenvalue weighted by Crippen LogP contribution is 1.94. The van der Waals surface area contributed by atoms with Crippen molar-refractivity contribution < 1.29 is 14.7 Å². The van der Waals surface area contributed by atoms with Gasteiger partial charge in [-0.25, -0.2) is 4.79 Å². The van der Waals surface area contributed by atoms with Crippen LogP contribution in [0, 0.1) is 5.92 Å². The first-order valence-electron chi connectivity index (χ1n) is 4.90. The lowest BCUT2D eigenvalue weighted by Crippen LogP contribution is -2.38. The minimum Gasteiger partial charge on any atom is -0.481 e. The fourth-order valence-electron chi connectivity index (χ4n) is 0.972. The molecular formula is C9H13N3O4S. The first-order valence-corrected chi connectivity index (χ1v) is 5.78. The fourth-order valence-corrected chi connectivity index (χ4v) is 1.55. The van der Waals surface area contributed by atoms with E-state index in [1.807, 2.05) is 0 Å². The normalized spacial score (nSPS) is 11.8. The molecular weight excluding hydrogens is 246 g/mol. The highest BCUT2D eigenvalue weighted by atomic mass is 32.1. The van der Waals surface area contributed by atoms with E-state index in [0.717, 1.165) is 11.3 Å². The summed E-state index contributed by atoms with van der Waals surface area (Å²) in [7, 11) is 0. The van der Waals surface area contributed by atoms with Crippen LogP contribution in [0.5, 0.6) is 0 Å². The molecule has 1 rings (SSSR count). The quantitative estimate of drug-likeness (QED) is 0.594. The molecule has 0 fully saturated rings. The number of H-pyrrole nitrogens is 1. The smallest absolute Gasteiger partial charge is 0.315 e. The Kier molecular flexibility index (Phi) is 4.70. The molecule has 1 unspecified atom stereocenters. The number of thiazole rings is 1. The van der Waals surface area contributed by atoms with Crippen molar-refractivity contribution in [3.8, 4) is 0 Å². The lowest BCUT2D eigenvalue weighted by Gasteiger charge is -2.09. The lowest BCUT2D eigenvalue weighted by atomic mass is 10.2. The van der Waals surface area contributed by atoms with Gasteiger partial charge in [-0.2, -0.15) is 0 Å². The molecule has 0 aliphatic heterocycles. The van der Waals surface area contributed by atoms with Crippen LogP contribution in [0.15, 0.2) is 10.2 Å². The van der Waals surface area contributed by atoms with Gasteiger partial charge in [0.15, 0.2) is 0 Å². The van der Waals surface area contributed by atoms with Gasteiger partial charge in [0.1, 0.15) is 0 Å². The second-order valence-corrected chi connectivity index (χ2v) is 4.32. The minimum absolute atomic E-state index is 0.0569. The zero-order valence-electron chi connectivity index (χ0n) is 9.15. The van der Waals surface area contributed by atoms with Crippen molar-refractivity contribution in [2.24, 2.45) is 5.92 Å². The molecule has 0 saturated heterocycles. The van der Waals surface area contributed by atoms with Gasteiger partial charge < -0.3 is 20.7 Å². The summed E-state index contributed by atoms with van der Waals surface area (Å²) in [6.45, 7) is 1.76. The highest BCUT2D eigenvalue weighted by Gasteiger charge is 2.11. The number of urea groups is 1. The molecule has 1 aromatic rings. The summed E-state index contributed by atoms with van der Waals surface area (Å²) in [5, 5.41) is 15.1.